The molecular weight excluding hydrogens is 408 g/mol. The lowest BCUT2D eigenvalue weighted by Gasteiger charge is -2.21. The van der Waals surface area contributed by atoms with Crippen molar-refractivity contribution in [2.45, 2.75) is 24.9 Å². The van der Waals surface area contributed by atoms with E-state index in [1.54, 1.807) is 10.7 Å². The van der Waals surface area contributed by atoms with Gasteiger partial charge in [0.25, 0.3) is 0 Å². The van der Waals surface area contributed by atoms with Crippen molar-refractivity contribution in [2.24, 2.45) is 0 Å². The summed E-state index contributed by atoms with van der Waals surface area (Å²) < 4.78 is 1.63. The molecule has 150 valence electrons. The van der Waals surface area contributed by atoms with E-state index in [2.05, 4.69) is 25.7 Å². The molecule has 0 aliphatic carbocycles. The van der Waals surface area contributed by atoms with Gasteiger partial charge in [0.05, 0.1) is 22.8 Å². The Hall–Kier alpha value is -2.58. The maximum atomic E-state index is 12.6. The van der Waals surface area contributed by atoms with E-state index < -0.39 is 0 Å². The lowest BCUT2D eigenvalue weighted by atomic mass is 10.2. The molecule has 1 saturated heterocycles. The third kappa shape index (κ3) is 4.71. The van der Waals surface area contributed by atoms with Gasteiger partial charge in [-0.2, -0.15) is 4.68 Å². The second-order valence-electron chi connectivity index (χ2n) is 6.90. The number of aryl methyl sites for hydroxylation is 1. The quantitative estimate of drug-likeness (QED) is 0.599. The normalized spacial score (nSPS) is 13.7. The number of nitrogens with zero attached hydrogens (tertiary/aromatic N) is 5. The van der Waals surface area contributed by atoms with Gasteiger partial charge in [-0.3, -0.25) is 4.79 Å². The molecule has 1 fully saturated rings. The van der Waals surface area contributed by atoms with Gasteiger partial charge in [0.15, 0.2) is 0 Å². The lowest BCUT2D eigenvalue weighted by Crippen LogP contribution is -2.22. The molecule has 9 heteroatoms. The van der Waals surface area contributed by atoms with E-state index in [0.29, 0.717) is 10.2 Å². The summed E-state index contributed by atoms with van der Waals surface area (Å²) in [5.74, 6) is 0.0641. The molecule has 0 atom stereocenters. The van der Waals surface area contributed by atoms with E-state index in [0.717, 1.165) is 48.6 Å². The molecule has 29 heavy (non-hydrogen) atoms. The van der Waals surface area contributed by atoms with Crippen LogP contribution in [0.5, 0.6) is 0 Å². The van der Waals surface area contributed by atoms with E-state index in [1.807, 2.05) is 43.3 Å². The molecule has 7 nitrogen and oxygen atoms in total. The number of aromatic nitrogens is 4. The van der Waals surface area contributed by atoms with Crippen molar-refractivity contribution < 1.29 is 4.79 Å². The topological polar surface area (TPSA) is 75.9 Å². The number of benzene rings is 2. The fraction of sp³-hybridized carbons (Fsp3) is 0.300. The van der Waals surface area contributed by atoms with Crippen molar-refractivity contribution in [1.82, 2.24) is 20.2 Å². The number of tetrazole rings is 1. The molecule has 1 aromatic heterocycles. The Kier molecular flexibility index (Phi) is 6.01. The molecule has 1 aliphatic heterocycles. The number of carbonyl (C=O) groups is 1. The molecule has 1 amide bonds. The molecule has 2 heterocycles. The summed E-state index contributed by atoms with van der Waals surface area (Å²) in [6.45, 7) is 4.00. The highest BCUT2D eigenvalue weighted by molar-refractivity contribution is 7.99. The lowest BCUT2D eigenvalue weighted by molar-refractivity contribution is -0.113. The van der Waals surface area contributed by atoms with Gasteiger partial charge in [-0.05, 0) is 60.5 Å². The van der Waals surface area contributed by atoms with Crippen molar-refractivity contribution in [2.75, 3.05) is 29.1 Å². The molecule has 3 aromatic rings. The molecule has 1 N–H and O–H groups in total. The third-order valence-electron chi connectivity index (χ3n) is 4.73. The van der Waals surface area contributed by atoms with E-state index >= 15 is 0 Å². The summed E-state index contributed by atoms with van der Waals surface area (Å²) in [6, 6.07) is 13.5. The summed E-state index contributed by atoms with van der Waals surface area (Å²) >= 11 is 7.45. The van der Waals surface area contributed by atoms with Crippen LogP contribution in [0.15, 0.2) is 47.6 Å². The first-order chi connectivity index (χ1) is 14.1. The predicted molar refractivity (Wildman–Crippen MR) is 116 cm³/mol. The molecule has 0 bridgehead atoms. The van der Waals surface area contributed by atoms with Crippen LogP contribution in [0.2, 0.25) is 5.02 Å². The zero-order valence-corrected chi connectivity index (χ0v) is 17.6. The van der Waals surface area contributed by atoms with Crippen molar-refractivity contribution >= 4 is 40.6 Å². The van der Waals surface area contributed by atoms with Gasteiger partial charge in [0.1, 0.15) is 0 Å². The second-order valence-corrected chi connectivity index (χ2v) is 8.28. The first-order valence-electron chi connectivity index (χ1n) is 9.43. The molecule has 0 spiro atoms. The summed E-state index contributed by atoms with van der Waals surface area (Å²) in [7, 11) is 0. The Labute approximate surface area is 178 Å². The first-order valence-corrected chi connectivity index (χ1v) is 10.8. The number of thioether (sulfide) groups is 1. The standard InChI is InChI=1S/C20H21ClN6OS/c1-14-4-7-16(8-5-14)27-20(23-24-25-27)29-13-19(28)22-17-12-15(21)6-9-18(17)26-10-2-3-11-26/h4-9,12H,2-3,10-11,13H2,1H3,(H,22,28). The van der Waals surface area contributed by atoms with Gasteiger partial charge in [-0.1, -0.05) is 41.1 Å². The number of hydrogen-bond donors (Lipinski definition) is 1. The van der Waals surface area contributed by atoms with E-state index in [9.17, 15) is 4.79 Å². The SMILES string of the molecule is Cc1ccc(-n2nnnc2SCC(=O)Nc2cc(Cl)ccc2N2CCCC2)cc1. The fourth-order valence-electron chi connectivity index (χ4n) is 3.28. The minimum Gasteiger partial charge on any atom is -0.370 e. The van der Waals surface area contributed by atoms with Crippen LogP contribution < -0.4 is 10.2 Å². The summed E-state index contributed by atoms with van der Waals surface area (Å²) in [6.07, 6.45) is 2.32. The van der Waals surface area contributed by atoms with Crippen molar-refractivity contribution in [3.05, 3.63) is 53.1 Å². The van der Waals surface area contributed by atoms with E-state index in [1.165, 1.54) is 11.8 Å². The highest BCUT2D eigenvalue weighted by Crippen LogP contribution is 2.32. The van der Waals surface area contributed by atoms with E-state index in [-0.39, 0.29) is 11.7 Å². The smallest absolute Gasteiger partial charge is 0.234 e. The number of amides is 1. The Balaban J connectivity index is 1.44. The van der Waals surface area contributed by atoms with Crippen LogP contribution in [0.1, 0.15) is 18.4 Å². The van der Waals surface area contributed by atoms with Gasteiger partial charge >= 0.3 is 0 Å². The van der Waals surface area contributed by atoms with Crippen molar-refractivity contribution in [3.8, 4) is 5.69 Å². The number of nitrogens with one attached hydrogen (secondary N) is 1. The number of hydrogen-bond acceptors (Lipinski definition) is 6. The van der Waals surface area contributed by atoms with Crippen molar-refractivity contribution in [1.29, 1.82) is 0 Å². The summed E-state index contributed by atoms with van der Waals surface area (Å²) in [5, 5.41) is 16.0. The third-order valence-corrected chi connectivity index (χ3v) is 5.89. The Bertz CT molecular complexity index is 1000. The average molecular weight is 429 g/mol. The minimum atomic E-state index is -0.129. The van der Waals surface area contributed by atoms with E-state index in [4.69, 9.17) is 11.6 Å². The van der Waals surface area contributed by atoms with Crippen LogP contribution in [0.25, 0.3) is 5.69 Å². The maximum Gasteiger partial charge on any atom is 0.234 e. The first kappa shape index (κ1) is 19.7. The summed E-state index contributed by atoms with van der Waals surface area (Å²) in [5.41, 5.74) is 3.76. The zero-order valence-electron chi connectivity index (χ0n) is 16.0. The van der Waals surface area contributed by atoms with Gasteiger partial charge in [0.2, 0.25) is 11.1 Å². The monoisotopic (exact) mass is 428 g/mol. The van der Waals surface area contributed by atoms with Crippen molar-refractivity contribution in [3.63, 3.8) is 0 Å². The maximum absolute atomic E-state index is 12.6. The molecule has 0 saturated carbocycles. The average Bonchev–Trinajstić information content (AvgIpc) is 3.39. The van der Waals surface area contributed by atoms with Gasteiger partial charge in [-0.25, -0.2) is 0 Å². The molecule has 0 radical (unpaired) electrons. The molecule has 1 aliphatic rings. The van der Waals surface area contributed by atoms with Crippen LogP contribution in [0.3, 0.4) is 0 Å². The van der Waals surface area contributed by atoms with Crippen LogP contribution in [-0.2, 0) is 4.79 Å². The molecule has 4 rings (SSSR count). The number of carbonyl (C=O) groups excluding carboxylic acids is 1. The van der Waals surface area contributed by atoms with Crippen LogP contribution in [0, 0.1) is 6.92 Å². The minimum absolute atomic E-state index is 0.129. The molecular formula is C20H21ClN6OS. The van der Waals surface area contributed by atoms with Gasteiger partial charge in [0, 0.05) is 18.1 Å². The Morgan fingerprint density at radius 3 is 2.69 bits per heavy atom. The number of rotatable bonds is 6. The number of anilines is 2. The van der Waals surface area contributed by atoms with Gasteiger partial charge < -0.3 is 10.2 Å². The largest absolute Gasteiger partial charge is 0.370 e. The van der Waals surface area contributed by atoms with Crippen LogP contribution in [-0.4, -0.2) is 45.0 Å². The predicted octanol–water partition coefficient (Wildman–Crippen LogP) is 3.96. The molecule has 0 unspecified atom stereocenters. The number of halogens is 1. The Morgan fingerprint density at radius 2 is 1.93 bits per heavy atom. The highest BCUT2D eigenvalue weighted by Gasteiger charge is 2.18. The van der Waals surface area contributed by atoms with Crippen LogP contribution in [0.4, 0.5) is 11.4 Å². The molecule has 2 aromatic carbocycles. The second kappa shape index (κ2) is 8.84. The van der Waals surface area contributed by atoms with Crippen LogP contribution >= 0.6 is 23.4 Å². The zero-order chi connectivity index (χ0) is 20.2. The Morgan fingerprint density at radius 1 is 1.17 bits per heavy atom. The highest BCUT2D eigenvalue weighted by atomic mass is 35.5. The fourth-order valence-corrected chi connectivity index (χ4v) is 4.14. The van der Waals surface area contributed by atoms with Gasteiger partial charge in [-0.15, -0.1) is 5.10 Å². The summed E-state index contributed by atoms with van der Waals surface area (Å²) in [4.78, 5) is 14.9.